The van der Waals surface area contributed by atoms with Crippen molar-refractivity contribution >= 4 is 28.1 Å². The van der Waals surface area contributed by atoms with Crippen LogP contribution in [0.25, 0.3) is 10.8 Å². The Bertz CT molecular complexity index is 1110. The van der Waals surface area contributed by atoms with Gasteiger partial charge < -0.3 is 14.7 Å². The number of likely N-dealkylation sites (N-methyl/N-ethyl adjacent to an activating group) is 1. The molecule has 1 aliphatic rings. The number of hydrogen-bond donors (Lipinski definition) is 0. The molecule has 3 aromatic carbocycles. The van der Waals surface area contributed by atoms with E-state index in [0.29, 0.717) is 19.5 Å². The molecule has 0 bridgehead atoms. The normalized spacial score (nSPS) is 14.1. The van der Waals surface area contributed by atoms with Crippen LogP contribution in [0.15, 0.2) is 66.7 Å². The fourth-order valence-corrected chi connectivity index (χ4v) is 4.27. The van der Waals surface area contributed by atoms with Gasteiger partial charge in [-0.3, -0.25) is 14.9 Å². The fourth-order valence-electron chi connectivity index (χ4n) is 4.27. The zero-order chi connectivity index (χ0) is 23.2. The number of non-ortho nitro benzene ring substituents is 1. The maximum Gasteiger partial charge on any atom is 0.269 e. The summed E-state index contributed by atoms with van der Waals surface area (Å²) in [7, 11) is 2.07. The number of rotatable bonds is 8. The number of piperazine rings is 1. The summed E-state index contributed by atoms with van der Waals surface area (Å²) >= 11 is 0. The number of nitro benzene ring substituents is 1. The molecule has 0 aromatic heterocycles. The van der Waals surface area contributed by atoms with Gasteiger partial charge in [0, 0.05) is 63.5 Å². The van der Waals surface area contributed by atoms with Crippen LogP contribution in [0.3, 0.4) is 0 Å². The number of nitrogens with zero attached hydrogens (tertiary/aromatic N) is 4. The number of amides is 1. The minimum absolute atomic E-state index is 0.0947. The van der Waals surface area contributed by atoms with Gasteiger partial charge in [0.1, 0.15) is 0 Å². The van der Waals surface area contributed by atoms with E-state index in [1.807, 2.05) is 4.90 Å². The van der Waals surface area contributed by atoms with Crippen LogP contribution >= 0.6 is 0 Å². The third kappa shape index (κ3) is 5.87. The molecule has 0 N–H and O–H groups in total. The van der Waals surface area contributed by atoms with Crippen molar-refractivity contribution in [2.75, 3.05) is 51.2 Å². The van der Waals surface area contributed by atoms with Crippen LogP contribution in [0.4, 0.5) is 11.4 Å². The molecule has 7 heteroatoms. The number of anilines is 1. The van der Waals surface area contributed by atoms with Gasteiger partial charge in [-0.05, 0) is 41.9 Å². The van der Waals surface area contributed by atoms with Gasteiger partial charge in [-0.15, -0.1) is 0 Å². The Balaban J connectivity index is 1.19. The second-order valence-electron chi connectivity index (χ2n) is 8.63. The van der Waals surface area contributed by atoms with E-state index in [1.165, 1.54) is 28.5 Å². The maximum absolute atomic E-state index is 12.7. The second-order valence-corrected chi connectivity index (χ2v) is 8.63. The molecule has 0 aliphatic carbocycles. The largest absolute Gasteiger partial charge is 0.368 e. The first-order valence-corrected chi connectivity index (χ1v) is 11.4. The highest BCUT2D eigenvalue weighted by atomic mass is 16.6. The molecule has 0 spiro atoms. The molecule has 1 fully saturated rings. The number of hydrogen-bond acceptors (Lipinski definition) is 5. The average molecular weight is 447 g/mol. The molecule has 7 nitrogen and oxygen atoms in total. The summed E-state index contributed by atoms with van der Waals surface area (Å²) in [4.78, 5) is 29.4. The molecule has 1 aliphatic heterocycles. The molecular weight excluding hydrogens is 416 g/mol. The lowest BCUT2D eigenvalue weighted by Crippen LogP contribution is -2.49. The minimum atomic E-state index is -0.390. The molecule has 0 atom stereocenters. The van der Waals surface area contributed by atoms with Gasteiger partial charge >= 0.3 is 0 Å². The summed E-state index contributed by atoms with van der Waals surface area (Å²) in [5.41, 5.74) is 2.37. The van der Waals surface area contributed by atoms with Crippen molar-refractivity contribution in [2.45, 2.75) is 12.8 Å². The third-order valence-electron chi connectivity index (χ3n) is 6.36. The van der Waals surface area contributed by atoms with Crippen molar-refractivity contribution < 1.29 is 9.72 Å². The quantitative estimate of drug-likeness (QED) is 0.387. The fraction of sp³-hybridized carbons (Fsp3) is 0.346. The van der Waals surface area contributed by atoms with E-state index < -0.39 is 0 Å². The first kappa shape index (κ1) is 22.7. The molecule has 1 amide bonds. The molecule has 1 heterocycles. The number of nitro groups is 1. The van der Waals surface area contributed by atoms with Gasteiger partial charge in [-0.25, -0.2) is 0 Å². The molecule has 33 heavy (non-hydrogen) atoms. The second kappa shape index (κ2) is 10.4. The van der Waals surface area contributed by atoms with Gasteiger partial charge in [0.05, 0.1) is 4.92 Å². The van der Waals surface area contributed by atoms with Crippen LogP contribution in [0.5, 0.6) is 0 Å². The Morgan fingerprint density at radius 3 is 2.33 bits per heavy atom. The lowest BCUT2D eigenvalue weighted by molar-refractivity contribution is -0.384. The predicted octanol–water partition coefficient (Wildman–Crippen LogP) is 3.96. The van der Waals surface area contributed by atoms with Crippen LogP contribution < -0.4 is 4.90 Å². The van der Waals surface area contributed by atoms with Crippen LogP contribution in [-0.4, -0.2) is 66.9 Å². The van der Waals surface area contributed by atoms with Crippen molar-refractivity contribution in [3.05, 3.63) is 82.4 Å². The molecule has 0 radical (unpaired) electrons. The Morgan fingerprint density at radius 1 is 0.939 bits per heavy atom. The van der Waals surface area contributed by atoms with Crippen molar-refractivity contribution in [1.82, 2.24) is 9.80 Å². The summed E-state index contributed by atoms with van der Waals surface area (Å²) in [5, 5.41) is 13.3. The summed E-state index contributed by atoms with van der Waals surface area (Å²) in [5.74, 6) is 0.191. The Labute approximate surface area is 194 Å². The maximum atomic E-state index is 12.7. The summed E-state index contributed by atoms with van der Waals surface area (Å²) < 4.78 is 0. The number of benzene rings is 3. The highest BCUT2D eigenvalue weighted by Gasteiger charge is 2.21. The van der Waals surface area contributed by atoms with Gasteiger partial charge in [0.15, 0.2) is 0 Å². The third-order valence-corrected chi connectivity index (χ3v) is 6.36. The highest BCUT2D eigenvalue weighted by molar-refractivity contribution is 5.83. The Morgan fingerprint density at radius 2 is 1.64 bits per heavy atom. The van der Waals surface area contributed by atoms with Crippen molar-refractivity contribution in [2.24, 2.45) is 0 Å². The van der Waals surface area contributed by atoms with Crippen LogP contribution in [0.2, 0.25) is 0 Å². The smallest absolute Gasteiger partial charge is 0.269 e. The summed E-state index contributed by atoms with van der Waals surface area (Å²) in [6.45, 7) is 4.49. The van der Waals surface area contributed by atoms with Gasteiger partial charge in [-0.1, -0.05) is 42.5 Å². The molecule has 4 rings (SSSR count). The van der Waals surface area contributed by atoms with E-state index in [9.17, 15) is 14.9 Å². The van der Waals surface area contributed by atoms with E-state index >= 15 is 0 Å². The summed E-state index contributed by atoms with van der Waals surface area (Å²) in [6.07, 6.45) is 1.48. The van der Waals surface area contributed by atoms with Crippen molar-refractivity contribution in [3.8, 4) is 0 Å². The van der Waals surface area contributed by atoms with Crippen molar-refractivity contribution in [1.29, 1.82) is 0 Å². The zero-order valence-corrected chi connectivity index (χ0v) is 19.0. The molecule has 0 saturated carbocycles. The topological polar surface area (TPSA) is 69.9 Å². The minimum Gasteiger partial charge on any atom is -0.368 e. The van der Waals surface area contributed by atoms with Crippen LogP contribution in [-0.2, 0) is 11.2 Å². The van der Waals surface area contributed by atoms with Crippen LogP contribution in [0, 0.1) is 10.1 Å². The number of carbonyl (C=O) groups excluding carboxylic acids is 1. The number of carbonyl (C=O) groups is 1. The molecule has 3 aromatic rings. The molecule has 0 unspecified atom stereocenters. The van der Waals surface area contributed by atoms with E-state index in [-0.39, 0.29) is 16.5 Å². The zero-order valence-electron chi connectivity index (χ0n) is 19.0. The lowest BCUT2D eigenvalue weighted by Gasteiger charge is -2.36. The average Bonchev–Trinajstić information content (AvgIpc) is 2.86. The standard InChI is InChI=1S/C26H30N4O3/c1-27(14-12-21-6-7-22-4-2-3-5-23(22)20-21)15-13-26(31)29-18-16-28(17-19-29)24-8-10-25(11-9-24)30(32)33/h2-11,20H,12-19H2,1H3. The van der Waals surface area contributed by atoms with E-state index in [1.54, 1.807) is 12.1 Å². The first-order chi connectivity index (χ1) is 16.0. The van der Waals surface area contributed by atoms with Crippen LogP contribution in [0.1, 0.15) is 12.0 Å². The van der Waals surface area contributed by atoms with Gasteiger partial charge in [-0.2, -0.15) is 0 Å². The Kier molecular flexibility index (Phi) is 7.19. The lowest BCUT2D eigenvalue weighted by atomic mass is 10.1. The highest BCUT2D eigenvalue weighted by Crippen LogP contribution is 2.21. The molecular formula is C26H30N4O3. The Hall–Kier alpha value is -3.45. The SMILES string of the molecule is CN(CCC(=O)N1CCN(c2ccc([N+](=O)[O-])cc2)CC1)CCc1ccc2ccccc2c1. The first-order valence-electron chi connectivity index (χ1n) is 11.4. The van der Waals surface area contributed by atoms with Gasteiger partial charge in [0.2, 0.25) is 5.91 Å². The monoisotopic (exact) mass is 446 g/mol. The van der Waals surface area contributed by atoms with E-state index in [0.717, 1.165) is 38.3 Å². The molecule has 1 saturated heterocycles. The number of fused-ring (bicyclic) bond motifs is 1. The van der Waals surface area contributed by atoms with Crippen molar-refractivity contribution in [3.63, 3.8) is 0 Å². The predicted molar refractivity (Wildman–Crippen MR) is 132 cm³/mol. The summed E-state index contributed by atoms with van der Waals surface area (Å²) in [6, 6.07) is 21.6. The van der Waals surface area contributed by atoms with Gasteiger partial charge in [0.25, 0.3) is 5.69 Å². The van der Waals surface area contributed by atoms with E-state index in [4.69, 9.17) is 0 Å². The van der Waals surface area contributed by atoms with E-state index in [2.05, 4.69) is 59.3 Å². The molecule has 172 valence electrons.